The Balaban J connectivity index is 2.02. The number of carbonyl (C=O) groups is 1. The lowest BCUT2D eigenvalue weighted by Gasteiger charge is -2.16. The molecule has 0 saturated carbocycles. The first-order chi connectivity index (χ1) is 11.3. The largest absolute Gasteiger partial charge is 0.354 e. The Morgan fingerprint density at radius 3 is 2.78 bits per heavy atom. The molecule has 120 valence electrons. The van der Waals surface area contributed by atoms with Gasteiger partial charge in [-0.25, -0.2) is 9.97 Å². The Bertz CT molecular complexity index is 664. The smallest absolute Gasteiger partial charge is 0.269 e. The van der Waals surface area contributed by atoms with E-state index in [0.29, 0.717) is 11.5 Å². The van der Waals surface area contributed by atoms with Gasteiger partial charge >= 0.3 is 0 Å². The first-order valence-corrected chi connectivity index (χ1v) is 8.18. The number of benzene rings is 1. The Morgan fingerprint density at radius 2 is 2.00 bits per heavy atom. The average Bonchev–Trinajstić information content (AvgIpc) is 2.91. The fraction of sp³-hybridized carbons (Fsp3) is 0.389. The van der Waals surface area contributed by atoms with Gasteiger partial charge in [-0.2, -0.15) is 0 Å². The van der Waals surface area contributed by atoms with Crippen LogP contribution in [-0.4, -0.2) is 29.5 Å². The van der Waals surface area contributed by atoms with E-state index < -0.39 is 0 Å². The van der Waals surface area contributed by atoms with Crippen molar-refractivity contribution in [3.05, 3.63) is 47.9 Å². The summed E-state index contributed by atoms with van der Waals surface area (Å²) in [6.07, 6.45) is 4.57. The lowest BCUT2D eigenvalue weighted by molar-refractivity contribution is 0.0957. The lowest BCUT2D eigenvalue weighted by atomic mass is 10.1. The highest BCUT2D eigenvalue weighted by Gasteiger charge is 2.20. The van der Waals surface area contributed by atoms with Crippen molar-refractivity contribution in [2.24, 2.45) is 0 Å². The van der Waals surface area contributed by atoms with Crippen LogP contribution in [0.4, 0.5) is 0 Å². The van der Waals surface area contributed by atoms with E-state index in [9.17, 15) is 4.79 Å². The van der Waals surface area contributed by atoms with Crippen molar-refractivity contribution in [3.63, 3.8) is 0 Å². The van der Waals surface area contributed by atoms with Crippen LogP contribution in [0.15, 0.2) is 36.4 Å². The molecular weight excluding hydrogens is 288 g/mol. The number of rotatable bonds is 3. The monoisotopic (exact) mass is 310 g/mol. The van der Waals surface area contributed by atoms with Crippen LogP contribution in [0.5, 0.6) is 0 Å². The number of nitrogens with one attached hydrogen (secondary N) is 2. The van der Waals surface area contributed by atoms with Gasteiger partial charge in [0.05, 0.1) is 11.7 Å². The van der Waals surface area contributed by atoms with Gasteiger partial charge in [0.1, 0.15) is 11.5 Å². The number of amides is 1. The molecule has 1 atom stereocenters. The van der Waals surface area contributed by atoms with Crippen LogP contribution in [0, 0.1) is 0 Å². The molecular formula is C18H22N4O. The molecule has 1 aliphatic rings. The standard InChI is InChI=1S/C18H22N4O/c1-19-18(23)16-12-15(13-8-4-2-5-9-13)21-17(22-16)14-10-6-3-7-11-20-14/h2,4-5,8-9,12,14,20H,3,6-7,10-11H2,1H3,(H,19,23). The molecule has 1 saturated heterocycles. The summed E-state index contributed by atoms with van der Waals surface area (Å²) < 4.78 is 0. The summed E-state index contributed by atoms with van der Waals surface area (Å²) in [6.45, 7) is 0.971. The van der Waals surface area contributed by atoms with Gasteiger partial charge in [-0.3, -0.25) is 4.79 Å². The average molecular weight is 310 g/mol. The fourth-order valence-electron chi connectivity index (χ4n) is 2.87. The highest BCUT2D eigenvalue weighted by atomic mass is 16.1. The minimum atomic E-state index is -0.181. The zero-order valence-electron chi connectivity index (χ0n) is 13.4. The normalized spacial score (nSPS) is 18.2. The third-order valence-electron chi connectivity index (χ3n) is 4.14. The molecule has 5 heteroatoms. The number of carbonyl (C=O) groups excluding carboxylic acids is 1. The molecule has 1 aromatic carbocycles. The summed E-state index contributed by atoms with van der Waals surface area (Å²) in [5.41, 5.74) is 2.21. The van der Waals surface area contributed by atoms with Crippen molar-refractivity contribution < 1.29 is 4.79 Å². The van der Waals surface area contributed by atoms with E-state index in [-0.39, 0.29) is 11.9 Å². The van der Waals surface area contributed by atoms with E-state index >= 15 is 0 Å². The quantitative estimate of drug-likeness (QED) is 0.915. The van der Waals surface area contributed by atoms with E-state index in [1.54, 1.807) is 13.1 Å². The van der Waals surface area contributed by atoms with Crippen LogP contribution in [0.3, 0.4) is 0 Å². The Labute approximate surface area is 136 Å². The van der Waals surface area contributed by atoms with Gasteiger partial charge in [0.2, 0.25) is 0 Å². The van der Waals surface area contributed by atoms with Gasteiger partial charge in [-0.1, -0.05) is 43.2 Å². The first kappa shape index (κ1) is 15.6. The van der Waals surface area contributed by atoms with Gasteiger partial charge in [0.15, 0.2) is 0 Å². The van der Waals surface area contributed by atoms with E-state index in [0.717, 1.165) is 30.6 Å². The highest BCUT2D eigenvalue weighted by Crippen LogP contribution is 2.24. The molecule has 2 aromatic rings. The van der Waals surface area contributed by atoms with Gasteiger partial charge < -0.3 is 10.6 Å². The third-order valence-corrected chi connectivity index (χ3v) is 4.14. The fourth-order valence-corrected chi connectivity index (χ4v) is 2.87. The Kier molecular flexibility index (Phi) is 4.98. The molecule has 2 heterocycles. The zero-order chi connectivity index (χ0) is 16.1. The number of aromatic nitrogens is 2. The summed E-state index contributed by atoms with van der Waals surface area (Å²) in [6, 6.07) is 11.8. The summed E-state index contributed by atoms with van der Waals surface area (Å²) in [7, 11) is 1.62. The molecule has 1 aromatic heterocycles. The van der Waals surface area contributed by atoms with Crippen molar-refractivity contribution in [1.82, 2.24) is 20.6 Å². The predicted molar refractivity (Wildman–Crippen MR) is 90.1 cm³/mol. The number of nitrogens with zero attached hydrogens (tertiary/aromatic N) is 2. The third kappa shape index (κ3) is 3.74. The maximum Gasteiger partial charge on any atom is 0.269 e. The van der Waals surface area contributed by atoms with Crippen LogP contribution in [-0.2, 0) is 0 Å². The molecule has 1 aliphatic heterocycles. The van der Waals surface area contributed by atoms with Crippen LogP contribution in [0.2, 0.25) is 0 Å². The van der Waals surface area contributed by atoms with E-state index in [1.807, 2.05) is 30.3 Å². The van der Waals surface area contributed by atoms with Crippen molar-refractivity contribution in [3.8, 4) is 11.3 Å². The van der Waals surface area contributed by atoms with Crippen molar-refractivity contribution in [2.45, 2.75) is 31.7 Å². The molecule has 0 spiro atoms. The molecule has 1 fully saturated rings. The summed E-state index contributed by atoms with van der Waals surface area (Å²) >= 11 is 0. The minimum Gasteiger partial charge on any atom is -0.354 e. The van der Waals surface area contributed by atoms with Gasteiger partial charge in [0.25, 0.3) is 5.91 Å². The van der Waals surface area contributed by atoms with Crippen LogP contribution < -0.4 is 10.6 Å². The molecule has 3 rings (SSSR count). The molecule has 23 heavy (non-hydrogen) atoms. The maximum absolute atomic E-state index is 12.1. The number of hydrogen-bond donors (Lipinski definition) is 2. The van der Waals surface area contributed by atoms with E-state index in [2.05, 4.69) is 15.6 Å². The van der Waals surface area contributed by atoms with E-state index in [1.165, 1.54) is 12.8 Å². The zero-order valence-corrected chi connectivity index (χ0v) is 13.4. The minimum absolute atomic E-state index is 0.115. The number of hydrogen-bond acceptors (Lipinski definition) is 4. The maximum atomic E-state index is 12.1. The molecule has 1 amide bonds. The van der Waals surface area contributed by atoms with Gasteiger partial charge in [0, 0.05) is 12.6 Å². The topological polar surface area (TPSA) is 66.9 Å². The predicted octanol–water partition coefficient (Wildman–Crippen LogP) is 2.71. The first-order valence-electron chi connectivity index (χ1n) is 8.18. The molecule has 1 unspecified atom stereocenters. The lowest BCUT2D eigenvalue weighted by Crippen LogP contribution is -2.25. The summed E-state index contributed by atoms with van der Waals surface area (Å²) in [5, 5.41) is 6.16. The van der Waals surface area contributed by atoms with Crippen LogP contribution >= 0.6 is 0 Å². The van der Waals surface area contributed by atoms with Gasteiger partial charge in [-0.05, 0) is 25.5 Å². The van der Waals surface area contributed by atoms with E-state index in [4.69, 9.17) is 4.98 Å². The molecule has 5 nitrogen and oxygen atoms in total. The molecule has 0 radical (unpaired) electrons. The highest BCUT2D eigenvalue weighted by molar-refractivity contribution is 5.93. The van der Waals surface area contributed by atoms with Crippen LogP contribution in [0.1, 0.15) is 48.0 Å². The molecule has 0 bridgehead atoms. The van der Waals surface area contributed by atoms with Crippen molar-refractivity contribution >= 4 is 5.91 Å². The Hall–Kier alpha value is -2.27. The second-order valence-corrected chi connectivity index (χ2v) is 5.80. The molecule has 2 N–H and O–H groups in total. The van der Waals surface area contributed by atoms with Gasteiger partial charge in [-0.15, -0.1) is 0 Å². The second-order valence-electron chi connectivity index (χ2n) is 5.80. The second kappa shape index (κ2) is 7.33. The summed E-state index contributed by atoms with van der Waals surface area (Å²) in [5.74, 6) is 0.534. The van der Waals surface area contributed by atoms with Crippen molar-refractivity contribution in [2.75, 3.05) is 13.6 Å². The van der Waals surface area contributed by atoms with Crippen molar-refractivity contribution in [1.29, 1.82) is 0 Å². The summed E-state index contributed by atoms with van der Waals surface area (Å²) in [4.78, 5) is 21.3. The van der Waals surface area contributed by atoms with Crippen LogP contribution in [0.25, 0.3) is 11.3 Å². The molecule has 0 aliphatic carbocycles. The Morgan fingerprint density at radius 1 is 1.17 bits per heavy atom. The SMILES string of the molecule is CNC(=O)c1cc(-c2ccccc2)nc(C2CCCCCN2)n1.